The fourth-order valence-corrected chi connectivity index (χ4v) is 2.49. The highest BCUT2D eigenvalue weighted by molar-refractivity contribution is 5.77. The number of aryl methyl sites for hydroxylation is 2. The van der Waals surface area contributed by atoms with Gasteiger partial charge in [0, 0.05) is 25.9 Å². The van der Waals surface area contributed by atoms with Crippen molar-refractivity contribution in [1.82, 2.24) is 14.9 Å². The number of amides is 1. The van der Waals surface area contributed by atoms with E-state index in [0.29, 0.717) is 39.1 Å². The second kappa shape index (κ2) is 5.63. The molecular formula is C15H19N3O2. The average molecular weight is 273 g/mol. The largest absolute Gasteiger partial charge is 0.378 e. The molecule has 0 atom stereocenters. The van der Waals surface area contributed by atoms with Crippen LogP contribution in [0.25, 0.3) is 11.0 Å². The summed E-state index contributed by atoms with van der Waals surface area (Å²) in [5.74, 6) is 1.07. The average Bonchev–Trinajstić information content (AvgIpc) is 2.87. The van der Waals surface area contributed by atoms with Gasteiger partial charge in [0.2, 0.25) is 5.91 Å². The Morgan fingerprint density at radius 2 is 2.20 bits per heavy atom. The number of fused-ring (bicyclic) bond motifs is 1. The quantitative estimate of drug-likeness (QED) is 0.925. The molecule has 0 unspecified atom stereocenters. The van der Waals surface area contributed by atoms with Crippen LogP contribution in [0.4, 0.5) is 0 Å². The van der Waals surface area contributed by atoms with Gasteiger partial charge in [-0.05, 0) is 24.6 Å². The van der Waals surface area contributed by atoms with Crippen LogP contribution >= 0.6 is 0 Å². The number of carbonyl (C=O) groups excluding carboxylic acids is 1. The molecule has 1 aliphatic rings. The Labute approximate surface area is 117 Å². The number of hydrogen-bond donors (Lipinski definition) is 1. The van der Waals surface area contributed by atoms with Crippen molar-refractivity contribution in [3.63, 3.8) is 0 Å². The van der Waals surface area contributed by atoms with Crippen molar-refractivity contribution >= 4 is 16.9 Å². The molecule has 1 fully saturated rings. The summed E-state index contributed by atoms with van der Waals surface area (Å²) in [6.07, 6.45) is 1.16. The molecule has 106 valence electrons. The van der Waals surface area contributed by atoms with Gasteiger partial charge in [0.15, 0.2) is 0 Å². The van der Waals surface area contributed by atoms with E-state index in [1.165, 1.54) is 5.56 Å². The fraction of sp³-hybridized carbons (Fsp3) is 0.467. The SMILES string of the molecule is Cc1ccc2nc(CCC(=O)N3CCOCC3)[nH]c2c1. The molecule has 2 heterocycles. The second-order valence-corrected chi connectivity index (χ2v) is 5.20. The molecule has 2 aromatic rings. The van der Waals surface area contributed by atoms with Crippen LogP contribution < -0.4 is 0 Å². The van der Waals surface area contributed by atoms with Crippen molar-refractivity contribution in [1.29, 1.82) is 0 Å². The summed E-state index contributed by atoms with van der Waals surface area (Å²) in [5.41, 5.74) is 3.21. The van der Waals surface area contributed by atoms with Crippen molar-refractivity contribution in [2.24, 2.45) is 0 Å². The van der Waals surface area contributed by atoms with Crippen molar-refractivity contribution in [3.05, 3.63) is 29.6 Å². The first-order valence-corrected chi connectivity index (χ1v) is 7.03. The first-order valence-electron chi connectivity index (χ1n) is 7.03. The lowest BCUT2D eigenvalue weighted by atomic mass is 10.2. The number of aromatic nitrogens is 2. The summed E-state index contributed by atoms with van der Waals surface area (Å²) in [7, 11) is 0. The zero-order chi connectivity index (χ0) is 13.9. The number of nitrogens with zero attached hydrogens (tertiary/aromatic N) is 2. The van der Waals surface area contributed by atoms with Crippen molar-refractivity contribution in [2.45, 2.75) is 19.8 Å². The first kappa shape index (κ1) is 13.1. The predicted octanol–water partition coefficient (Wildman–Crippen LogP) is 1.66. The Morgan fingerprint density at radius 3 is 3.00 bits per heavy atom. The molecule has 1 aromatic carbocycles. The summed E-state index contributed by atoms with van der Waals surface area (Å²) in [6.45, 7) is 4.77. The molecule has 5 nitrogen and oxygen atoms in total. The minimum atomic E-state index is 0.185. The number of rotatable bonds is 3. The number of benzene rings is 1. The van der Waals surface area contributed by atoms with Gasteiger partial charge in [-0.25, -0.2) is 4.98 Å². The highest BCUT2D eigenvalue weighted by Crippen LogP contribution is 2.14. The number of nitrogens with one attached hydrogen (secondary N) is 1. The molecule has 5 heteroatoms. The Morgan fingerprint density at radius 1 is 1.40 bits per heavy atom. The van der Waals surface area contributed by atoms with Crippen molar-refractivity contribution in [2.75, 3.05) is 26.3 Å². The monoisotopic (exact) mass is 273 g/mol. The first-order chi connectivity index (χ1) is 9.72. The number of aromatic amines is 1. The van der Waals surface area contributed by atoms with E-state index in [9.17, 15) is 4.79 Å². The number of carbonyl (C=O) groups is 1. The summed E-state index contributed by atoms with van der Waals surface area (Å²) >= 11 is 0. The van der Waals surface area contributed by atoms with Gasteiger partial charge in [-0.1, -0.05) is 6.07 Å². The fourth-order valence-electron chi connectivity index (χ4n) is 2.49. The molecule has 0 aliphatic carbocycles. The molecule has 1 N–H and O–H groups in total. The number of ether oxygens (including phenoxy) is 1. The highest BCUT2D eigenvalue weighted by Gasteiger charge is 2.17. The smallest absolute Gasteiger partial charge is 0.223 e. The number of H-pyrrole nitrogens is 1. The maximum atomic E-state index is 12.1. The lowest BCUT2D eigenvalue weighted by Crippen LogP contribution is -2.40. The molecule has 0 bridgehead atoms. The van der Waals surface area contributed by atoms with E-state index >= 15 is 0 Å². The number of hydrogen-bond acceptors (Lipinski definition) is 3. The second-order valence-electron chi connectivity index (χ2n) is 5.20. The lowest BCUT2D eigenvalue weighted by molar-refractivity contribution is -0.135. The maximum Gasteiger partial charge on any atom is 0.223 e. The van der Waals surface area contributed by atoms with E-state index in [2.05, 4.69) is 23.0 Å². The van der Waals surface area contributed by atoms with E-state index in [1.807, 2.05) is 17.0 Å². The third-order valence-corrected chi connectivity index (χ3v) is 3.63. The standard InChI is InChI=1S/C15H19N3O2/c1-11-2-3-12-13(10-11)17-14(16-12)4-5-15(19)18-6-8-20-9-7-18/h2-3,10H,4-9H2,1H3,(H,16,17). The summed E-state index contributed by atoms with van der Waals surface area (Å²) in [6, 6.07) is 6.13. The zero-order valence-electron chi connectivity index (χ0n) is 11.7. The normalized spacial score (nSPS) is 15.8. The van der Waals surface area contributed by atoms with Gasteiger partial charge in [0.1, 0.15) is 5.82 Å². The van der Waals surface area contributed by atoms with Gasteiger partial charge < -0.3 is 14.6 Å². The summed E-state index contributed by atoms with van der Waals surface area (Å²) < 4.78 is 5.25. The molecule has 1 amide bonds. The topological polar surface area (TPSA) is 58.2 Å². The van der Waals surface area contributed by atoms with E-state index < -0.39 is 0 Å². The van der Waals surface area contributed by atoms with Gasteiger partial charge in [-0.2, -0.15) is 0 Å². The molecule has 20 heavy (non-hydrogen) atoms. The molecule has 0 spiro atoms. The van der Waals surface area contributed by atoms with Gasteiger partial charge in [0.25, 0.3) is 0 Å². The third kappa shape index (κ3) is 2.82. The maximum absolute atomic E-state index is 12.1. The van der Waals surface area contributed by atoms with Crippen LogP contribution in [-0.2, 0) is 16.0 Å². The third-order valence-electron chi connectivity index (χ3n) is 3.63. The molecule has 0 radical (unpaired) electrons. The molecule has 0 saturated carbocycles. The lowest BCUT2D eigenvalue weighted by Gasteiger charge is -2.26. The minimum Gasteiger partial charge on any atom is -0.378 e. The van der Waals surface area contributed by atoms with Crippen LogP contribution in [-0.4, -0.2) is 47.1 Å². The summed E-state index contributed by atoms with van der Waals surface area (Å²) in [5, 5.41) is 0. The predicted molar refractivity (Wildman–Crippen MR) is 76.6 cm³/mol. The highest BCUT2D eigenvalue weighted by atomic mass is 16.5. The molecule has 1 aromatic heterocycles. The molecular weight excluding hydrogens is 254 g/mol. The van der Waals surface area contributed by atoms with Crippen LogP contribution in [0.5, 0.6) is 0 Å². The molecule has 3 rings (SSSR count). The van der Waals surface area contributed by atoms with E-state index in [4.69, 9.17) is 4.74 Å². The van der Waals surface area contributed by atoms with Crippen LogP contribution in [0.2, 0.25) is 0 Å². The Kier molecular flexibility index (Phi) is 3.69. The Bertz CT molecular complexity index is 615. The number of morpholine rings is 1. The van der Waals surface area contributed by atoms with Gasteiger partial charge >= 0.3 is 0 Å². The van der Waals surface area contributed by atoms with Gasteiger partial charge in [-0.15, -0.1) is 0 Å². The van der Waals surface area contributed by atoms with Crippen molar-refractivity contribution in [3.8, 4) is 0 Å². The summed E-state index contributed by atoms with van der Waals surface area (Å²) in [4.78, 5) is 21.7. The van der Waals surface area contributed by atoms with Crippen LogP contribution in [0, 0.1) is 6.92 Å². The molecule has 1 aliphatic heterocycles. The van der Waals surface area contributed by atoms with Gasteiger partial charge in [0.05, 0.1) is 24.2 Å². The van der Waals surface area contributed by atoms with Crippen molar-refractivity contribution < 1.29 is 9.53 Å². The van der Waals surface area contributed by atoms with Crippen LogP contribution in [0.15, 0.2) is 18.2 Å². The van der Waals surface area contributed by atoms with Gasteiger partial charge in [-0.3, -0.25) is 4.79 Å². The van der Waals surface area contributed by atoms with Crippen LogP contribution in [0.3, 0.4) is 0 Å². The van der Waals surface area contributed by atoms with E-state index in [0.717, 1.165) is 16.9 Å². The van der Waals surface area contributed by atoms with Crippen LogP contribution in [0.1, 0.15) is 17.8 Å². The zero-order valence-corrected chi connectivity index (χ0v) is 11.7. The number of imidazole rings is 1. The molecule has 1 saturated heterocycles. The Balaban J connectivity index is 1.63. The van der Waals surface area contributed by atoms with E-state index in [1.54, 1.807) is 0 Å². The Hall–Kier alpha value is -1.88. The van der Waals surface area contributed by atoms with E-state index in [-0.39, 0.29) is 5.91 Å². The minimum absolute atomic E-state index is 0.185.